The van der Waals surface area contributed by atoms with E-state index in [2.05, 4.69) is 0 Å². The Kier molecular flexibility index (Phi) is 8.28. The zero-order valence-electron chi connectivity index (χ0n) is 23.7. The van der Waals surface area contributed by atoms with E-state index < -0.39 is 49.3 Å². The third kappa shape index (κ3) is 6.25. The van der Waals surface area contributed by atoms with Crippen molar-refractivity contribution < 1.29 is 55.1 Å². The number of aliphatic hydroxyl groups excluding tert-OH is 4. The third-order valence-corrected chi connectivity index (χ3v) is 7.91. The zero-order chi connectivity index (χ0) is 31.8. The maximum atomic E-state index is 10.8. The van der Waals surface area contributed by atoms with Gasteiger partial charge < -0.3 is 55.1 Å². The lowest BCUT2D eigenvalue weighted by Crippen LogP contribution is -2.60. The molecule has 11 heteroatoms. The fourth-order valence-electron chi connectivity index (χ4n) is 5.73. The molecule has 2 aliphatic heterocycles. The summed E-state index contributed by atoms with van der Waals surface area (Å²) in [6, 6.07) is 20.9. The van der Waals surface area contributed by atoms with Gasteiger partial charge >= 0.3 is 0 Å². The van der Waals surface area contributed by atoms with Crippen LogP contribution in [0.4, 0.5) is 0 Å². The predicted octanol–water partition coefficient (Wildman–Crippen LogP) is 3.12. The molecule has 4 aromatic carbocycles. The molecule has 0 saturated carbocycles. The van der Waals surface area contributed by atoms with E-state index in [1.807, 2.05) is 24.3 Å². The van der Waals surface area contributed by atoms with Gasteiger partial charge in [-0.1, -0.05) is 30.4 Å². The van der Waals surface area contributed by atoms with Crippen molar-refractivity contribution >= 4 is 12.2 Å². The second kappa shape index (κ2) is 12.3. The summed E-state index contributed by atoms with van der Waals surface area (Å²) in [4.78, 5) is 0. The summed E-state index contributed by atoms with van der Waals surface area (Å²) in [6.45, 7) is -0.621. The molecule has 0 unspecified atom stereocenters. The molecule has 0 aromatic heterocycles. The smallest absolute Gasteiger partial charge is 0.229 e. The van der Waals surface area contributed by atoms with Gasteiger partial charge in [-0.25, -0.2) is 0 Å². The van der Waals surface area contributed by atoms with Crippen molar-refractivity contribution in [1.82, 2.24) is 0 Å². The van der Waals surface area contributed by atoms with E-state index in [1.165, 1.54) is 24.3 Å². The highest BCUT2D eigenvalue weighted by Crippen LogP contribution is 2.51. The van der Waals surface area contributed by atoms with Gasteiger partial charge in [-0.3, -0.25) is 0 Å². The number of aliphatic hydroxyl groups is 4. The zero-order valence-corrected chi connectivity index (χ0v) is 23.7. The SMILES string of the molecule is OC[C@H]1O[C@@H](Oc2cc(O)cc([C@H]3c4cc(C=Cc5cc(O)cc(O)c5)ccc4O[C@@H]3c3ccc(O)cc3)c2)[C@H](O)[C@@H](O)[C@@H]1O. The van der Waals surface area contributed by atoms with Crippen LogP contribution in [0.1, 0.15) is 39.8 Å². The fourth-order valence-corrected chi connectivity index (χ4v) is 5.73. The van der Waals surface area contributed by atoms with Crippen molar-refractivity contribution in [2.24, 2.45) is 0 Å². The molecule has 45 heavy (non-hydrogen) atoms. The predicted molar refractivity (Wildman–Crippen MR) is 161 cm³/mol. The van der Waals surface area contributed by atoms with Gasteiger partial charge in [-0.05, 0) is 70.8 Å². The number of benzene rings is 4. The molecule has 0 radical (unpaired) electrons. The van der Waals surface area contributed by atoms with E-state index in [0.717, 1.165) is 16.7 Å². The van der Waals surface area contributed by atoms with Gasteiger partial charge in [0.2, 0.25) is 6.29 Å². The van der Waals surface area contributed by atoms with E-state index in [4.69, 9.17) is 14.2 Å². The van der Waals surface area contributed by atoms with Crippen LogP contribution in [-0.2, 0) is 4.74 Å². The Morgan fingerprint density at radius 3 is 2.04 bits per heavy atom. The van der Waals surface area contributed by atoms with Crippen molar-refractivity contribution in [3.8, 4) is 34.5 Å². The average Bonchev–Trinajstić information content (AvgIpc) is 3.39. The van der Waals surface area contributed by atoms with Crippen LogP contribution in [0.25, 0.3) is 12.2 Å². The van der Waals surface area contributed by atoms with Gasteiger partial charge in [-0.2, -0.15) is 0 Å². The summed E-state index contributed by atoms with van der Waals surface area (Å²) in [7, 11) is 0. The lowest BCUT2D eigenvalue weighted by atomic mass is 9.84. The van der Waals surface area contributed by atoms with E-state index in [-0.39, 0.29) is 28.7 Å². The molecule has 2 heterocycles. The number of fused-ring (bicyclic) bond motifs is 1. The first-order valence-corrected chi connectivity index (χ1v) is 14.2. The number of phenolic OH excluding ortho intramolecular Hbond substituents is 4. The lowest BCUT2D eigenvalue weighted by Gasteiger charge is -2.39. The molecular formula is C34H32O11. The number of hydrogen-bond donors (Lipinski definition) is 8. The lowest BCUT2D eigenvalue weighted by molar-refractivity contribution is -0.277. The molecule has 0 aliphatic carbocycles. The number of hydrogen-bond acceptors (Lipinski definition) is 11. The Hall–Kier alpha value is -4.78. The van der Waals surface area contributed by atoms with Crippen molar-refractivity contribution in [3.63, 3.8) is 0 Å². The molecule has 4 aromatic rings. The highest BCUT2D eigenvalue weighted by molar-refractivity contribution is 5.72. The number of aromatic hydroxyl groups is 4. The van der Waals surface area contributed by atoms with Crippen LogP contribution in [-0.4, -0.2) is 78.2 Å². The largest absolute Gasteiger partial charge is 0.508 e. The van der Waals surface area contributed by atoms with Gasteiger partial charge in [0.1, 0.15) is 65.0 Å². The second-order valence-electron chi connectivity index (χ2n) is 11.1. The van der Waals surface area contributed by atoms with E-state index >= 15 is 0 Å². The van der Waals surface area contributed by atoms with Crippen LogP contribution >= 0.6 is 0 Å². The van der Waals surface area contributed by atoms with Crippen LogP contribution in [0.15, 0.2) is 78.9 Å². The normalized spacial score (nSPS) is 26.0. The Bertz CT molecular complexity index is 1680. The highest BCUT2D eigenvalue weighted by atomic mass is 16.7. The minimum atomic E-state index is -1.64. The minimum absolute atomic E-state index is 0.0700. The molecule has 0 amide bonds. The van der Waals surface area contributed by atoms with E-state index in [1.54, 1.807) is 42.5 Å². The van der Waals surface area contributed by atoms with Crippen LogP contribution in [0, 0.1) is 0 Å². The summed E-state index contributed by atoms with van der Waals surface area (Å²) >= 11 is 0. The molecule has 0 bridgehead atoms. The van der Waals surface area contributed by atoms with Gasteiger partial charge in [0.15, 0.2) is 0 Å². The maximum Gasteiger partial charge on any atom is 0.229 e. The monoisotopic (exact) mass is 616 g/mol. The quantitative estimate of drug-likeness (QED) is 0.142. The van der Waals surface area contributed by atoms with Gasteiger partial charge in [0.05, 0.1) is 12.5 Å². The molecule has 1 fully saturated rings. The topological polar surface area (TPSA) is 190 Å². The molecule has 234 valence electrons. The average molecular weight is 617 g/mol. The summed E-state index contributed by atoms with van der Waals surface area (Å²) in [5, 5.41) is 80.7. The van der Waals surface area contributed by atoms with Crippen LogP contribution in [0.2, 0.25) is 0 Å². The first kappa shape index (κ1) is 30.3. The molecule has 2 aliphatic rings. The van der Waals surface area contributed by atoms with Crippen LogP contribution in [0.5, 0.6) is 34.5 Å². The van der Waals surface area contributed by atoms with Crippen LogP contribution < -0.4 is 9.47 Å². The van der Waals surface area contributed by atoms with Crippen molar-refractivity contribution in [3.05, 3.63) is 107 Å². The second-order valence-corrected chi connectivity index (χ2v) is 11.1. The molecule has 8 N–H and O–H groups in total. The van der Waals surface area contributed by atoms with Gasteiger partial charge in [-0.15, -0.1) is 0 Å². The number of ether oxygens (including phenoxy) is 3. The number of phenols is 4. The number of rotatable bonds is 7. The highest BCUT2D eigenvalue weighted by Gasteiger charge is 2.45. The molecule has 11 nitrogen and oxygen atoms in total. The Labute approximate surface area is 257 Å². The Morgan fingerprint density at radius 1 is 0.644 bits per heavy atom. The van der Waals surface area contributed by atoms with Gasteiger partial charge in [0.25, 0.3) is 0 Å². The summed E-state index contributed by atoms with van der Waals surface area (Å²) in [5.41, 5.74) is 3.48. The molecular weight excluding hydrogens is 584 g/mol. The molecule has 6 rings (SSSR count). The molecule has 7 atom stereocenters. The van der Waals surface area contributed by atoms with E-state index in [0.29, 0.717) is 16.9 Å². The van der Waals surface area contributed by atoms with Crippen LogP contribution in [0.3, 0.4) is 0 Å². The molecule has 0 spiro atoms. The Morgan fingerprint density at radius 2 is 1.33 bits per heavy atom. The van der Waals surface area contributed by atoms with Crippen molar-refractivity contribution in [2.45, 2.75) is 42.7 Å². The first-order valence-electron chi connectivity index (χ1n) is 14.2. The fraction of sp³-hybridized carbons (Fsp3) is 0.235. The summed E-state index contributed by atoms with van der Waals surface area (Å²) < 4.78 is 17.7. The van der Waals surface area contributed by atoms with Gasteiger partial charge in [0, 0.05) is 17.7 Å². The minimum Gasteiger partial charge on any atom is -0.508 e. The van der Waals surface area contributed by atoms with Crippen molar-refractivity contribution in [1.29, 1.82) is 0 Å². The Balaban J connectivity index is 1.37. The summed E-state index contributed by atoms with van der Waals surface area (Å²) in [5.74, 6) is -0.0312. The van der Waals surface area contributed by atoms with E-state index in [9.17, 15) is 40.9 Å². The standard InChI is InChI=1S/C34H32O11/c35-16-28-30(40)31(41)32(42)34(45-28)43-25-13-20(12-24(39)15-25)29-26-11-17(1-2-18-9-22(37)14-23(38)10-18)3-8-27(26)44-33(29)19-4-6-21(36)7-5-19/h1-15,28-42H,16H2/t28-,29+,30-,31+,32-,33-,34-/m1/s1. The first-order chi connectivity index (χ1) is 21.6. The maximum absolute atomic E-state index is 10.8. The summed E-state index contributed by atoms with van der Waals surface area (Å²) in [6.07, 6.45) is -4.48. The third-order valence-electron chi connectivity index (χ3n) is 7.91. The molecule has 1 saturated heterocycles. The van der Waals surface area contributed by atoms with Crippen molar-refractivity contribution in [2.75, 3.05) is 6.61 Å².